The minimum absolute atomic E-state index is 0.0677. The molecule has 2 fully saturated rings. The van der Waals surface area contributed by atoms with Gasteiger partial charge in [-0.15, -0.1) is 0 Å². The van der Waals surface area contributed by atoms with Gasteiger partial charge in [0.05, 0.1) is 11.6 Å². The first kappa shape index (κ1) is 13.6. The van der Waals surface area contributed by atoms with Crippen LogP contribution in [0.25, 0.3) is 0 Å². The topological polar surface area (TPSA) is 73.2 Å². The van der Waals surface area contributed by atoms with Crippen molar-refractivity contribution >= 4 is 11.9 Å². The summed E-state index contributed by atoms with van der Waals surface area (Å²) in [5, 5.41) is 11.4. The monoisotopic (exact) mass is 287 g/mol. The molecular weight excluding hydrogens is 273 g/mol. The fourth-order valence-electron chi connectivity index (χ4n) is 3.25. The highest BCUT2D eigenvalue weighted by atomic mass is 19.1. The second kappa shape index (κ2) is 4.85. The number of benzene rings is 1. The highest BCUT2D eigenvalue weighted by Gasteiger charge is 2.53. The first-order chi connectivity index (χ1) is 10.1. The number of nitrogens with zero attached hydrogens (tertiary/aromatic N) is 2. The number of nitriles is 1. The van der Waals surface area contributed by atoms with Gasteiger partial charge in [0.2, 0.25) is 0 Å². The van der Waals surface area contributed by atoms with Crippen LogP contribution in [0, 0.1) is 17.1 Å². The summed E-state index contributed by atoms with van der Waals surface area (Å²) in [7, 11) is 0. The number of amides is 3. The Balaban J connectivity index is 1.97. The number of imide groups is 1. The minimum Gasteiger partial charge on any atom is -0.305 e. The van der Waals surface area contributed by atoms with Gasteiger partial charge in [0.1, 0.15) is 11.4 Å². The van der Waals surface area contributed by atoms with Crippen LogP contribution in [0.4, 0.5) is 9.18 Å². The van der Waals surface area contributed by atoms with Crippen molar-refractivity contribution in [1.82, 2.24) is 10.2 Å². The summed E-state index contributed by atoms with van der Waals surface area (Å²) in [6.45, 7) is 0.0677. The summed E-state index contributed by atoms with van der Waals surface area (Å²) < 4.78 is 13.4. The molecule has 0 atom stereocenters. The Morgan fingerprint density at radius 3 is 2.71 bits per heavy atom. The third kappa shape index (κ3) is 2.05. The van der Waals surface area contributed by atoms with Crippen molar-refractivity contribution < 1.29 is 14.0 Å². The lowest BCUT2D eigenvalue weighted by molar-refractivity contribution is -0.126. The van der Waals surface area contributed by atoms with E-state index in [9.17, 15) is 14.0 Å². The van der Waals surface area contributed by atoms with E-state index in [1.165, 1.54) is 23.1 Å². The molecule has 1 aromatic carbocycles. The summed E-state index contributed by atoms with van der Waals surface area (Å²) in [6, 6.07) is 5.38. The van der Waals surface area contributed by atoms with E-state index >= 15 is 0 Å². The first-order valence-corrected chi connectivity index (χ1v) is 6.88. The maximum absolute atomic E-state index is 13.4. The van der Waals surface area contributed by atoms with Gasteiger partial charge in [-0.05, 0) is 36.6 Å². The number of hydrogen-bond donors (Lipinski definition) is 1. The standard InChI is InChI=1S/C15H14FN3O2/c16-12-4-3-10(8-17)11(7-12)9-19-14(21)18-13(20)15(19)5-1-2-6-15/h3-4,7H,1-2,5-6,9H2,(H,18,20,21). The van der Waals surface area contributed by atoms with E-state index < -0.39 is 17.4 Å². The SMILES string of the molecule is N#Cc1ccc(F)cc1CN1C(=O)NC(=O)C12CCCC2. The average Bonchev–Trinajstić information content (AvgIpc) is 3.02. The fraction of sp³-hybridized carbons (Fsp3) is 0.400. The molecule has 21 heavy (non-hydrogen) atoms. The van der Waals surface area contributed by atoms with Crippen molar-refractivity contribution in [1.29, 1.82) is 5.26 Å². The number of nitrogens with one attached hydrogen (secondary N) is 1. The van der Waals surface area contributed by atoms with Crippen molar-refractivity contribution in [2.75, 3.05) is 0 Å². The fourth-order valence-corrected chi connectivity index (χ4v) is 3.25. The van der Waals surface area contributed by atoms with Crippen molar-refractivity contribution in [2.24, 2.45) is 0 Å². The van der Waals surface area contributed by atoms with Crippen molar-refractivity contribution in [3.63, 3.8) is 0 Å². The van der Waals surface area contributed by atoms with E-state index in [-0.39, 0.29) is 12.5 Å². The van der Waals surface area contributed by atoms with Gasteiger partial charge in [0.15, 0.2) is 0 Å². The van der Waals surface area contributed by atoms with Gasteiger partial charge in [0, 0.05) is 6.54 Å². The number of urea groups is 1. The zero-order valence-corrected chi connectivity index (χ0v) is 11.4. The van der Waals surface area contributed by atoms with Gasteiger partial charge >= 0.3 is 6.03 Å². The maximum Gasteiger partial charge on any atom is 0.325 e. The lowest BCUT2D eigenvalue weighted by Gasteiger charge is -2.31. The Morgan fingerprint density at radius 1 is 1.33 bits per heavy atom. The molecule has 1 N–H and O–H groups in total. The number of halogens is 1. The zero-order chi connectivity index (χ0) is 15.0. The molecule has 1 saturated carbocycles. The van der Waals surface area contributed by atoms with E-state index in [2.05, 4.69) is 5.32 Å². The van der Waals surface area contributed by atoms with Gasteiger partial charge in [0.25, 0.3) is 5.91 Å². The molecule has 1 aromatic rings. The van der Waals surface area contributed by atoms with Crippen LogP contribution in [0.15, 0.2) is 18.2 Å². The van der Waals surface area contributed by atoms with Crippen LogP contribution in [-0.2, 0) is 11.3 Å². The van der Waals surface area contributed by atoms with E-state index in [1.54, 1.807) is 0 Å². The quantitative estimate of drug-likeness (QED) is 0.846. The number of rotatable bonds is 2. The van der Waals surface area contributed by atoms with Crippen LogP contribution in [0.1, 0.15) is 36.8 Å². The van der Waals surface area contributed by atoms with E-state index in [0.29, 0.717) is 24.0 Å². The molecule has 2 aliphatic rings. The van der Waals surface area contributed by atoms with Crippen molar-refractivity contribution in [2.45, 2.75) is 37.8 Å². The highest BCUT2D eigenvalue weighted by Crippen LogP contribution is 2.39. The maximum atomic E-state index is 13.4. The smallest absolute Gasteiger partial charge is 0.305 e. The summed E-state index contributed by atoms with van der Waals surface area (Å²) in [6.07, 6.45) is 2.99. The average molecular weight is 287 g/mol. The number of carbonyl (C=O) groups excluding carboxylic acids is 2. The molecule has 1 spiro atoms. The predicted octanol–water partition coefficient (Wildman–Crippen LogP) is 2.06. The second-order valence-electron chi connectivity index (χ2n) is 5.50. The molecule has 0 radical (unpaired) electrons. The second-order valence-corrected chi connectivity index (χ2v) is 5.50. The molecule has 3 rings (SSSR count). The van der Waals surface area contributed by atoms with Gasteiger partial charge in [-0.3, -0.25) is 10.1 Å². The lowest BCUT2D eigenvalue weighted by atomic mass is 9.95. The summed E-state index contributed by atoms with van der Waals surface area (Å²) in [5.74, 6) is -0.740. The lowest BCUT2D eigenvalue weighted by Crippen LogP contribution is -2.46. The molecule has 1 aliphatic carbocycles. The van der Waals surface area contributed by atoms with Gasteiger partial charge < -0.3 is 4.90 Å². The van der Waals surface area contributed by atoms with Crippen LogP contribution in [0.2, 0.25) is 0 Å². The summed E-state index contributed by atoms with van der Waals surface area (Å²) in [5.41, 5.74) is -0.0822. The molecule has 6 heteroatoms. The largest absolute Gasteiger partial charge is 0.325 e. The third-order valence-electron chi connectivity index (χ3n) is 4.35. The molecule has 0 bridgehead atoms. The van der Waals surface area contributed by atoms with Crippen molar-refractivity contribution in [3.05, 3.63) is 35.1 Å². The molecule has 1 saturated heterocycles. The van der Waals surface area contributed by atoms with Crippen molar-refractivity contribution in [3.8, 4) is 6.07 Å². The number of hydrogen-bond acceptors (Lipinski definition) is 3. The highest BCUT2D eigenvalue weighted by molar-refractivity contribution is 6.07. The van der Waals surface area contributed by atoms with E-state index in [1.807, 2.05) is 6.07 Å². The Bertz CT molecular complexity index is 659. The Hall–Kier alpha value is -2.42. The van der Waals surface area contributed by atoms with Gasteiger partial charge in [-0.1, -0.05) is 12.8 Å². The molecule has 108 valence electrons. The van der Waals surface area contributed by atoms with Gasteiger partial charge in [-0.2, -0.15) is 5.26 Å². The zero-order valence-electron chi connectivity index (χ0n) is 11.4. The molecular formula is C15H14FN3O2. The molecule has 1 aliphatic heterocycles. The van der Waals surface area contributed by atoms with E-state index in [4.69, 9.17) is 5.26 Å². The Morgan fingerprint density at radius 2 is 2.05 bits per heavy atom. The van der Waals surface area contributed by atoms with Gasteiger partial charge in [-0.25, -0.2) is 9.18 Å². The molecule has 3 amide bonds. The normalized spacial score (nSPS) is 19.9. The Kier molecular flexibility index (Phi) is 3.13. The van der Waals surface area contributed by atoms with Crippen LogP contribution >= 0.6 is 0 Å². The predicted molar refractivity (Wildman–Crippen MR) is 71.4 cm³/mol. The Labute approximate surface area is 121 Å². The molecule has 0 unspecified atom stereocenters. The third-order valence-corrected chi connectivity index (χ3v) is 4.35. The summed E-state index contributed by atoms with van der Waals surface area (Å²) >= 11 is 0. The van der Waals surface area contributed by atoms with Crippen LogP contribution in [-0.4, -0.2) is 22.4 Å². The summed E-state index contributed by atoms with van der Waals surface area (Å²) in [4.78, 5) is 25.6. The number of carbonyl (C=O) groups is 2. The van der Waals surface area contributed by atoms with Crippen LogP contribution in [0.5, 0.6) is 0 Å². The van der Waals surface area contributed by atoms with E-state index in [0.717, 1.165) is 12.8 Å². The molecule has 1 heterocycles. The van der Waals surface area contributed by atoms with Crippen LogP contribution in [0.3, 0.4) is 0 Å². The first-order valence-electron chi connectivity index (χ1n) is 6.88. The minimum atomic E-state index is -0.823. The molecule has 0 aromatic heterocycles. The molecule has 5 nitrogen and oxygen atoms in total. The van der Waals surface area contributed by atoms with Crippen LogP contribution < -0.4 is 5.32 Å².